The first-order chi connectivity index (χ1) is 7.93. The van der Waals surface area contributed by atoms with E-state index in [2.05, 4.69) is 35.7 Å². The van der Waals surface area contributed by atoms with E-state index in [-0.39, 0.29) is 10.9 Å². The van der Waals surface area contributed by atoms with Crippen LogP contribution in [0.5, 0.6) is 0 Å². The molecule has 1 aliphatic heterocycles. The molecule has 2 aliphatic rings. The van der Waals surface area contributed by atoms with Gasteiger partial charge in [-0.2, -0.15) is 0 Å². The molecule has 1 aromatic carbocycles. The number of hydrogen-bond donors (Lipinski definition) is 1. The number of benzene rings is 1. The Labute approximate surface area is 101 Å². The SMILES string of the molecule is C1=C[SH](CC2CCCCC2)c2ccccc21. The predicted molar refractivity (Wildman–Crippen MR) is 74.2 cm³/mol. The molecule has 0 aromatic heterocycles. The fourth-order valence-corrected chi connectivity index (χ4v) is 5.45. The highest BCUT2D eigenvalue weighted by Crippen LogP contribution is 2.48. The zero-order chi connectivity index (χ0) is 10.8. The van der Waals surface area contributed by atoms with Crippen LogP contribution in [0.25, 0.3) is 6.08 Å². The topological polar surface area (TPSA) is 0 Å². The number of thiol groups is 1. The second kappa shape index (κ2) is 4.67. The number of fused-ring (bicyclic) bond motifs is 1. The molecule has 1 heterocycles. The molecule has 1 heteroatoms. The van der Waals surface area contributed by atoms with Crippen LogP contribution in [0, 0.1) is 5.92 Å². The molecule has 16 heavy (non-hydrogen) atoms. The third-order valence-electron chi connectivity index (χ3n) is 3.86. The molecule has 1 saturated carbocycles. The molecule has 1 atom stereocenters. The van der Waals surface area contributed by atoms with Crippen LogP contribution in [-0.4, -0.2) is 5.75 Å². The lowest BCUT2D eigenvalue weighted by Crippen LogP contribution is -2.10. The Morgan fingerprint density at radius 3 is 2.75 bits per heavy atom. The summed E-state index contributed by atoms with van der Waals surface area (Å²) in [7, 11) is 0.0356. The standard InChI is InChI=1S/C15H20S/c1-2-6-13(7-3-1)12-16-11-10-14-8-4-5-9-15(14)16/h4-5,8-11,13,16H,1-3,6-7,12H2. The van der Waals surface area contributed by atoms with E-state index in [0.717, 1.165) is 5.92 Å². The zero-order valence-corrected chi connectivity index (χ0v) is 10.6. The summed E-state index contributed by atoms with van der Waals surface area (Å²) in [6.45, 7) is 0. The van der Waals surface area contributed by atoms with Gasteiger partial charge in [0.25, 0.3) is 0 Å². The highest BCUT2D eigenvalue weighted by atomic mass is 32.2. The highest BCUT2D eigenvalue weighted by molar-refractivity contribution is 8.20. The van der Waals surface area contributed by atoms with Gasteiger partial charge >= 0.3 is 0 Å². The molecule has 0 bridgehead atoms. The maximum Gasteiger partial charge on any atom is -0.00173 e. The third-order valence-corrected chi connectivity index (χ3v) is 6.30. The Kier molecular flexibility index (Phi) is 3.05. The van der Waals surface area contributed by atoms with E-state index in [1.807, 2.05) is 0 Å². The second-order valence-electron chi connectivity index (χ2n) is 5.03. The molecule has 1 unspecified atom stereocenters. The van der Waals surface area contributed by atoms with Crippen molar-refractivity contribution in [2.75, 3.05) is 5.75 Å². The van der Waals surface area contributed by atoms with E-state index in [4.69, 9.17) is 0 Å². The van der Waals surface area contributed by atoms with Crippen molar-refractivity contribution in [1.29, 1.82) is 0 Å². The third kappa shape index (κ3) is 2.06. The Balaban J connectivity index is 1.70. The van der Waals surface area contributed by atoms with Crippen LogP contribution in [0.2, 0.25) is 0 Å². The lowest BCUT2D eigenvalue weighted by atomic mass is 9.91. The summed E-state index contributed by atoms with van der Waals surface area (Å²) in [6.07, 6.45) is 9.72. The molecule has 0 spiro atoms. The molecular formula is C15H20S. The summed E-state index contributed by atoms with van der Waals surface area (Å²) in [5, 5.41) is 2.48. The molecule has 0 N–H and O–H groups in total. The van der Waals surface area contributed by atoms with E-state index in [1.165, 1.54) is 43.4 Å². The molecule has 86 valence electrons. The Morgan fingerprint density at radius 2 is 1.88 bits per heavy atom. The average Bonchev–Trinajstić information content (AvgIpc) is 2.74. The Morgan fingerprint density at radius 1 is 1.06 bits per heavy atom. The minimum absolute atomic E-state index is 0.0356. The minimum atomic E-state index is 0.0356. The lowest BCUT2D eigenvalue weighted by Gasteiger charge is -2.26. The van der Waals surface area contributed by atoms with E-state index < -0.39 is 0 Å². The molecule has 1 fully saturated rings. The van der Waals surface area contributed by atoms with Crippen LogP contribution >= 0.6 is 10.9 Å². The van der Waals surface area contributed by atoms with Crippen molar-refractivity contribution in [3.05, 3.63) is 35.2 Å². The van der Waals surface area contributed by atoms with Crippen molar-refractivity contribution in [2.24, 2.45) is 5.92 Å². The van der Waals surface area contributed by atoms with Crippen LogP contribution in [0.4, 0.5) is 0 Å². The van der Waals surface area contributed by atoms with E-state index >= 15 is 0 Å². The van der Waals surface area contributed by atoms with Crippen LogP contribution in [0.15, 0.2) is 34.6 Å². The summed E-state index contributed by atoms with van der Waals surface area (Å²) < 4.78 is 0. The monoisotopic (exact) mass is 232 g/mol. The van der Waals surface area contributed by atoms with Crippen molar-refractivity contribution in [3.8, 4) is 0 Å². The quantitative estimate of drug-likeness (QED) is 0.707. The summed E-state index contributed by atoms with van der Waals surface area (Å²) in [5.41, 5.74) is 1.48. The van der Waals surface area contributed by atoms with Gasteiger partial charge in [-0.1, -0.05) is 37.5 Å². The summed E-state index contributed by atoms with van der Waals surface area (Å²) in [5.74, 6) is 2.46. The molecule has 0 radical (unpaired) electrons. The number of hydrogen-bond acceptors (Lipinski definition) is 0. The fraction of sp³-hybridized carbons (Fsp3) is 0.467. The number of rotatable bonds is 2. The van der Waals surface area contributed by atoms with E-state index in [1.54, 1.807) is 4.90 Å². The van der Waals surface area contributed by atoms with Crippen molar-refractivity contribution >= 4 is 17.0 Å². The smallest absolute Gasteiger partial charge is 0.00173 e. The normalized spacial score (nSPS) is 26.9. The largest absolute Gasteiger partial charge is 0.206 e. The molecule has 1 aromatic rings. The molecule has 0 nitrogen and oxygen atoms in total. The molecular weight excluding hydrogens is 212 g/mol. The van der Waals surface area contributed by atoms with Gasteiger partial charge in [0, 0.05) is 0 Å². The first-order valence-corrected chi connectivity index (χ1v) is 8.07. The van der Waals surface area contributed by atoms with E-state index in [9.17, 15) is 0 Å². The summed E-state index contributed by atoms with van der Waals surface area (Å²) in [6, 6.07) is 8.95. The van der Waals surface area contributed by atoms with Crippen LogP contribution in [0.1, 0.15) is 37.7 Å². The van der Waals surface area contributed by atoms with Crippen molar-refractivity contribution in [1.82, 2.24) is 0 Å². The summed E-state index contributed by atoms with van der Waals surface area (Å²) >= 11 is 0. The Hall–Kier alpha value is -0.690. The molecule has 1 aliphatic carbocycles. The fourth-order valence-electron chi connectivity index (χ4n) is 2.95. The predicted octanol–water partition coefficient (Wildman–Crippen LogP) is 4.61. The van der Waals surface area contributed by atoms with Crippen LogP contribution in [-0.2, 0) is 0 Å². The Bertz CT molecular complexity index is 388. The zero-order valence-electron chi connectivity index (χ0n) is 9.73. The maximum absolute atomic E-state index is 2.48. The van der Waals surface area contributed by atoms with Gasteiger partial charge in [0.05, 0.1) is 0 Å². The second-order valence-corrected chi connectivity index (χ2v) is 7.12. The molecule has 0 amide bonds. The first kappa shape index (κ1) is 10.5. The van der Waals surface area contributed by atoms with Gasteiger partial charge in [-0.3, -0.25) is 0 Å². The van der Waals surface area contributed by atoms with Gasteiger partial charge in [0.1, 0.15) is 0 Å². The first-order valence-electron chi connectivity index (χ1n) is 6.47. The molecule has 3 rings (SSSR count). The van der Waals surface area contributed by atoms with Gasteiger partial charge in [-0.25, -0.2) is 10.9 Å². The lowest BCUT2D eigenvalue weighted by molar-refractivity contribution is 0.390. The van der Waals surface area contributed by atoms with Gasteiger partial charge in [0.15, 0.2) is 0 Å². The van der Waals surface area contributed by atoms with Gasteiger partial charge in [-0.05, 0) is 52.5 Å². The van der Waals surface area contributed by atoms with E-state index in [0.29, 0.717) is 0 Å². The van der Waals surface area contributed by atoms with Crippen LogP contribution < -0.4 is 0 Å². The minimum Gasteiger partial charge on any atom is -0.206 e. The van der Waals surface area contributed by atoms with Crippen LogP contribution in [0.3, 0.4) is 0 Å². The summed E-state index contributed by atoms with van der Waals surface area (Å²) in [4.78, 5) is 1.63. The van der Waals surface area contributed by atoms with Gasteiger partial charge in [0.2, 0.25) is 0 Å². The maximum atomic E-state index is 2.48. The van der Waals surface area contributed by atoms with Gasteiger partial charge < -0.3 is 0 Å². The van der Waals surface area contributed by atoms with Crippen molar-refractivity contribution in [3.63, 3.8) is 0 Å². The van der Waals surface area contributed by atoms with Crippen molar-refractivity contribution in [2.45, 2.75) is 37.0 Å². The van der Waals surface area contributed by atoms with Gasteiger partial charge in [-0.15, -0.1) is 0 Å². The average molecular weight is 232 g/mol. The molecule has 0 saturated heterocycles. The highest BCUT2D eigenvalue weighted by Gasteiger charge is 2.19. The van der Waals surface area contributed by atoms with Crippen molar-refractivity contribution < 1.29 is 0 Å².